The topological polar surface area (TPSA) is 100 Å². The van der Waals surface area contributed by atoms with Gasteiger partial charge in [0.05, 0.1) is 23.2 Å². The first-order valence-corrected chi connectivity index (χ1v) is 9.62. The van der Waals surface area contributed by atoms with Crippen molar-refractivity contribution in [1.29, 1.82) is 0 Å². The van der Waals surface area contributed by atoms with Crippen molar-refractivity contribution in [2.24, 2.45) is 0 Å². The largest absolute Gasteiger partial charge is 0.418 e. The second kappa shape index (κ2) is 8.34. The van der Waals surface area contributed by atoms with Gasteiger partial charge in [-0.25, -0.2) is 15.0 Å². The van der Waals surface area contributed by atoms with E-state index in [9.17, 15) is 18.0 Å². The van der Waals surface area contributed by atoms with Gasteiger partial charge in [0.15, 0.2) is 5.65 Å². The number of carbonyl (C=O) groups excluding carboxylic acids is 1. The fourth-order valence-electron chi connectivity index (χ4n) is 3.55. The number of halogens is 3. The van der Waals surface area contributed by atoms with E-state index in [1.54, 1.807) is 6.07 Å². The van der Waals surface area contributed by atoms with Gasteiger partial charge in [-0.15, -0.1) is 0 Å². The number of amides is 1. The van der Waals surface area contributed by atoms with Crippen LogP contribution in [0.5, 0.6) is 0 Å². The van der Waals surface area contributed by atoms with Crippen molar-refractivity contribution in [1.82, 2.24) is 19.9 Å². The van der Waals surface area contributed by atoms with Crippen LogP contribution in [-0.2, 0) is 11.0 Å². The van der Waals surface area contributed by atoms with Gasteiger partial charge in [-0.2, -0.15) is 13.2 Å². The molecule has 1 amide bonds. The van der Waals surface area contributed by atoms with Crippen molar-refractivity contribution < 1.29 is 18.0 Å². The standard InChI is InChI=1S/C20H20F3N7O/c21-20(22,23)14-3-1-2-4-15(14)27-17(31)11-29-7-9-30(10-8-29)19-13-5-6-16(24)28-18(13)25-12-26-19/h1-6,12H,7-11H2,(H,27,31)(H2,24,25,26,28). The highest BCUT2D eigenvalue weighted by Gasteiger charge is 2.33. The molecular formula is C20H20F3N7O. The van der Waals surface area contributed by atoms with Gasteiger partial charge in [-0.3, -0.25) is 9.69 Å². The van der Waals surface area contributed by atoms with Crippen LogP contribution in [0.1, 0.15) is 5.56 Å². The summed E-state index contributed by atoms with van der Waals surface area (Å²) in [5.41, 5.74) is 5.12. The molecule has 0 atom stereocenters. The first-order valence-electron chi connectivity index (χ1n) is 9.62. The number of hydrogen-bond acceptors (Lipinski definition) is 7. The van der Waals surface area contributed by atoms with Crippen molar-refractivity contribution in [3.05, 3.63) is 48.3 Å². The number of nitrogens with zero attached hydrogens (tertiary/aromatic N) is 5. The maximum absolute atomic E-state index is 13.1. The quantitative estimate of drug-likeness (QED) is 0.654. The summed E-state index contributed by atoms with van der Waals surface area (Å²) in [5.74, 6) is 0.623. The Balaban J connectivity index is 1.38. The Hall–Kier alpha value is -3.47. The Morgan fingerprint density at radius 2 is 1.81 bits per heavy atom. The van der Waals surface area contributed by atoms with E-state index in [0.717, 1.165) is 17.3 Å². The summed E-state index contributed by atoms with van der Waals surface area (Å²) in [4.78, 5) is 29.0. The molecule has 162 valence electrons. The Kier molecular flexibility index (Phi) is 5.59. The molecule has 0 unspecified atom stereocenters. The summed E-state index contributed by atoms with van der Waals surface area (Å²) in [6, 6.07) is 8.46. The molecule has 0 bridgehead atoms. The zero-order valence-corrected chi connectivity index (χ0v) is 16.4. The smallest absolute Gasteiger partial charge is 0.384 e. The van der Waals surface area contributed by atoms with Crippen molar-refractivity contribution >= 4 is 34.3 Å². The number of anilines is 3. The molecule has 11 heteroatoms. The summed E-state index contributed by atoms with van der Waals surface area (Å²) in [7, 11) is 0. The predicted octanol–water partition coefficient (Wildman–Crippen LogP) is 2.39. The third-order valence-electron chi connectivity index (χ3n) is 5.04. The van der Waals surface area contributed by atoms with E-state index in [1.165, 1.54) is 24.5 Å². The molecule has 1 fully saturated rings. The third-order valence-corrected chi connectivity index (χ3v) is 5.04. The first-order chi connectivity index (χ1) is 14.8. The second-order valence-corrected chi connectivity index (χ2v) is 7.16. The lowest BCUT2D eigenvalue weighted by Crippen LogP contribution is -2.49. The minimum Gasteiger partial charge on any atom is -0.384 e. The van der Waals surface area contributed by atoms with Gasteiger partial charge >= 0.3 is 6.18 Å². The molecule has 1 aromatic carbocycles. The number of piperazine rings is 1. The summed E-state index contributed by atoms with van der Waals surface area (Å²) < 4.78 is 39.3. The van der Waals surface area contributed by atoms with Crippen molar-refractivity contribution in [2.75, 3.05) is 48.7 Å². The minimum atomic E-state index is -4.53. The van der Waals surface area contributed by atoms with Crippen LogP contribution in [0.25, 0.3) is 11.0 Å². The number of hydrogen-bond donors (Lipinski definition) is 2. The molecule has 3 heterocycles. The van der Waals surface area contributed by atoms with Gasteiger partial charge in [0.1, 0.15) is 18.0 Å². The molecule has 8 nitrogen and oxygen atoms in total. The predicted molar refractivity (Wildman–Crippen MR) is 110 cm³/mol. The molecule has 31 heavy (non-hydrogen) atoms. The van der Waals surface area contributed by atoms with E-state index >= 15 is 0 Å². The lowest BCUT2D eigenvalue weighted by atomic mass is 10.1. The highest BCUT2D eigenvalue weighted by atomic mass is 19.4. The normalized spacial score (nSPS) is 15.3. The van der Waals surface area contributed by atoms with Crippen LogP contribution in [0.4, 0.5) is 30.5 Å². The monoisotopic (exact) mass is 431 g/mol. The Morgan fingerprint density at radius 3 is 2.55 bits per heavy atom. The summed E-state index contributed by atoms with van der Waals surface area (Å²) >= 11 is 0. The van der Waals surface area contributed by atoms with Crippen LogP contribution < -0.4 is 16.0 Å². The lowest BCUT2D eigenvalue weighted by molar-refractivity contribution is -0.137. The number of nitrogens with two attached hydrogens (primary N) is 1. The highest BCUT2D eigenvalue weighted by Crippen LogP contribution is 2.34. The number of fused-ring (bicyclic) bond motifs is 1. The maximum atomic E-state index is 13.1. The minimum absolute atomic E-state index is 0.00262. The van der Waals surface area contributed by atoms with E-state index in [1.807, 2.05) is 11.0 Å². The lowest BCUT2D eigenvalue weighted by Gasteiger charge is -2.35. The number of alkyl halides is 3. The van der Waals surface area contributed by atoms with Gasteiger partial charge in [-0.05, 0) is 24.3 Å². The van der Waals surface area contributed by atoms with Crippen LogP contribution in [0.2, 0.25) is 0 Å². The third kappa shape index (κ3) is 4.66. The van der Waals surface area contributed by atoms with Crippen LogP contribution in [0.15, 0.2) is 42.7 Å². The van der Waals surface area contributed by atoms with E-state index in [4.69, 9.17) is 5.73 Å². The van der Waals surface area contributed by atoms with E-state index in [-0.39, 0.29) is 12.2 Å². The Morgan fingerprint density at radius 1 is 1.06 bits per heavy atom. The maximum Gasteiger partial charge on any atom is 0.418 e. The van der Waals surface area contributed by atoms with Crippen molar-refractivity contribution in [3.8, 4) is 0 Å². The fourth-order valence-corrected chi connectivity index (χ4v) is 3.55. The zero-order chi connectivity index (χ0) is 22.0. The number of rotatable bonds is 4. The molecule has 0 saturated carbocycles. The molecule has 4 rings (SSSR count). The number of carbonyl (C=O) groups is 1. The van der Waals surface area contributed by atoms with Crippen LogP contribution >= 0.6 is 0 Å². The average molecular weight is 431 g/mol. The number of benzene rings is 1. The summed E-state index contributed by atoms with van der Waals surface area (Å²) in [5, 5.41) is 3.17. The van der Waals surface area contributed by atoms with Gasteiger partial charge < -0.3 is 16.0 Å². The molecule has 0 aliphatic carbocycles. The molecule has 2 aromatic heterocycles. The number of para-hydroxylation sites is 1. The molecule has 0 spiro atoms. The Bertz CT molecular complexity index is 1100. The molecule has 1 saturated heterocycles. The molecule has 3 N–H and O–H groups in total. The van der Waals surface area contributed by atoms with Crippen LogP contribution in [-0.4, -0.2) is 58.5 Å². The average Bonchev–Trinajstić information content (AvgIpc) is 2.73. The van der Waals surface area contributed by atoms with Crippen LogP contribution in [0, 0.1) is 0 Å². The Labute approximate surface area is 175 Å². The molecular weight excluding hydrogens is 411 g/mol. The van der Waals surface area contributed by atoms with Crippen molar-refractivity contribution in [3.63, 3.8) is 0 Å². The first kappa shape index (κ1) is 20.8. The van der Waals surface area contributed by atoms with E-state index < -0.39 is 17.6 Å². The van der Waals surface area contributed by atoms with Gasteiger partial charge in [0.2, 0.25) is 5.91 Å². The highest BCUT2D eigenvalue weighted by molar-refractivity contribution is 5.93. The van der Waals surface area contributed by atoms with Gasteiger partial charge in [-0.1, -0.05) is 12.1 Å². The van der Waals surface area contributed by atoms with Gasteiger partial charge in [0, 0.05) is 26.2 Å². The molecule has 1 aliphatic heterocycles. The number of nitrogens with one attached hydrogen (secondary N) is 1. The van der Waals surface area contributed by atoms with E-state index in [2.05, 4.69) is 25.2 Å². The molecule has 0 radical (unpaired) electrons. The summed E-state index contributed by atoms with van der Waals surface area (Å²) in [6.07, 6.45) is -3.10. The number of aromatic nitrogens is 3. The SMILES string of the molecule is Nc1ccc2c(N3CCN(CC(=O)Nc4ccccc4C(F)(F)F)CC3)ncnc2n1. The molecule has 1 aliphatic rings. The number of nitrogen functional groups attached to an aromatic ring is 1. The fraction of sp³-hybridized carbons (Fsp3) is 0.300. The van der Waals surface area contributed by atoms with Gasteiger partial charge in [0.25, 0.3) is 0 Å². The summed E-state index contributed by atoms with van der Waals surface area (Å²) in [6.45, 7) is 2.32. The second-order valence-electron chi connectivity index (χ2n) is 7.16. The van der Waals surface area contributed by atoms with E-state index in [0.29, 0.717) is 37.6 Å². The van der Waals surface area contributed by atoms with Crippen LogP contribution in [0.3, 0.4) is 0 Å². The van der Waals surface area contributed by atoms with Crippen molar-refractivity contribution in [2.45, 2.75) is 6.18 Å². The number of pyridine rings is 1. The zero-order valence-electron chi connectivity index (χ0n) is 16.4. The molecule has 3 aromatic rings.